The fourth-order valence-corrected chi connectivity index (χ4v) is 4.78. The molecule has 0 aromatic heterocycles. The van der Waals surface area contributed by atoms with Gasteiger partial charge >= 0.3 is 0 Å². The molecule has 0 aromatic rings. The molecule has 3 aliphatic rings. The van der Waals surface area contributed by atoms with Gasteiger partial charge in [0.2, 0.25) is 0 Å². The lowest BCUT2D eigenvalue weighted by Gasteiger charge is -2.44. The van der Waals surface area contributed by atoms with E-state index in [1.54, 1.807) is 0 Å². The molecular formula is C21H33B. The molecule has 1 heteroatoms. The molecule has 120 valence electrons. The van der Waals surface area contributed by atoms with Gasteiger partial charge in [-0.3, -0.25) is 0 Å². The lowest BCUT2D eigenvalue weighted by molar-refractivity contribution is 0.291. The first kappa shape index (κ1) is 16.4. The molecule has 22 heavy (non-hydrogen) atoms. The van der Waals surface area contributed by atoms with Crippen LogP contribution in [-0.4, -0.2) is 7.85 Å². The van der Waals surface area contributed by atoms with Crippen molar-refractivity contribution in [3.05, 3.63) is 23.3 Å². The first-order chi connectivity index (χ1) is 10.7. The average molecular weight is 296 g/mol. The molecule has 0 fully saturated rings. The van der Waals surface area contributed by atoms with Crippen LogP contribution in [0, 0.1) is 23.7 Å². The summed E-state index contributed by atoms with van der Waals surface area (Å²) in [6.07, 6.45) is 18.3. The zero-order chi connectivity index (χ0) is 15.5. The minimum Gasteiger partial charge on any atom is -0.0877 e. The summed E-state index contributed by atoms with van der Waals surface area (Å²) in [6, 6.07) is 0. The lowest BCUT2D eigenvalue weighted by Crippen LogP contribution is -2.30. The van der Waals surface area contributed by atoms with Crippen LogP contribution in [0.25, 0.3) is 0 Å². The maximum Gasteiger partial charge on any atom is 0.0711 e. The Bertz CT molecular complexity index is 433. The van der Waals surface area contributed by atoms with Gasteiger partial charge in [-0.25, -0.2) is 0 Å². The lowest BCUT2D eigenvalue weighted by atomic mass is 9.61. The molecule has 3 aliphatic carbocycles. The summed E-state index contributed by atoms with van der Waals surface area (Å²) in [5.74, 6) is 3.73. The van der Waals surface area contributed by atoms with Crippen molar-refractivity contribution in [2.45, 2.75) is 83.9 Å². The molecule has 0 saturated heterocycles. The Morgan fingerprint density at radius 3 is 2.45 bits per heavy atom. The third-order valence-electron chi connectivity index (χ3n) is 6.84. The molecule has 0 N–H and O–H groups in total. The van der Waals surface area contributed by atoms with Crippen LogP contribution in [0.4, 0.5) is 0 Å². The van der Waals surface area contributed by atoms with Crippen molar-refractivity contribution in [2.24, 2.45) is 23.7 Å². The summed E-state index contributed by atoms with van der Waals surface area (Å²) < 4.78 is 0. The van der Waals surface area contributed by atoms with Gasteiger partial charge in [0.25, 0.3) is 0 Å². The van der Waals surface area contributed by atoms with E-state index in [0.29, 0.717) is 11.7 Å². The van der Waals surface area contributed by atoms with E-state index >= 15 is 0 Å². The summed E-state index contributed by atoms with van der Waals surface area (Å²) in [5, 5.41) is 0. The molecule has 0 saturated carbocycles. The molecule has 3 rings (SSSR count). The smallest absolute Gasteiger partial charge is 0.0711 e. The molecule has 2 radical (unpaired) electrons. The largest absolute Gasteiger partial charge is 0.0877 e. The predicted octanol–water partition coefficient (Wildman–Crippen LogP) is 6.24. The Hall–Kier alpha value is -0.455. The highest BCUT2D eigenvalue weighted by Gasteiger charge is 2.37. The number of hydrogen-bond donors (Lipinski definition) is 0. The van der Waals surface area contributed by atoms with Crippen LogP contribution in [0.3, 0.4) is 0 Å². The number of rotatable bonds is 10. The quantitative estimate of drug-likeness (QED) is 0.254. The normalized spacial score (nSPS) is 29.9. The number of hydrogen-bond acceptors (Lipinski definition) is 0. The summed E-state index contributed by atoms with van der Waals surface area (Å²) in [6.45, 7) is 4.80. The first-order valence-electron chi connectivity index (χ1n) is 9.83. The average Bonchev–Trinajstić information content (AvgIpc) is 2.43. The fourth-order valence-electron chi connectivity index (χ4n) is 4.78. The van der Waals surface area contributed by atoms with Gasteiger partial charge in [0.15, 0.2) is 0 Å². The highest BCUT2D eigenvalue weighted by Crippen LogP contribution is 2.52. The van der Waals surface area contributed by atoms with Crippen LogP contribution in [0.5, 0.6) is 0 Å². The van der Waals surface area contributed by atoms with E-state index < -0.39 is 0 Å². The fraction of sp³-hybridized carbons (Fsp3) is 0.810. The molecule has 5 atom stereocenters. The van der Waals surface area contributed by atoms with Crippen molar-refractivity contribution < 1.29 is 0 Å². The van der Waals surface area contributed by atoms with Gasteiger partial charge in [-0.05, 0) is 49.4 Å². The van der Waals surface area contributed by atoms with E-state index in [-0.39, 0.29) is 0 Å². The van der Waals surface area contributed by atoms with Gasteiger partial charge in [0.1, 0.15) is 0 Å². The summed E-state index contributed by atoms with van der Waals surface area (Å²) in [5.41, 5.74) is 3.68. The topological polar surface area (TPSA) is 0 Å². The minimum atomic E-state index is 0.410. The van der Waals surface area contributed by atoms with E-state index in [1.165, 1.54) is 64.2 Å². The molecule has 0 heterocycles. The second-order valence-corrected chi connectivity index (χ2v) is 8.13. The molecule has 0 bridgehead atoms. The van der Waals surface area contributed by atoms with Gasteiger partial charge in [-0.15, -0.1) is 0 Å². The first-order valence-corrected chi connectivity index (χ1v) is 9.83. The van der Waals surface area contributed by atoms with E-state index in [4.69, 9.17) is 7.85 Å². The van der Waals surface area contributed by atoms with Crippen molar-refractivity contribution in [2.75, 3.05) is 0 Å². The molecule has 0 nitrogen and oxygen atoms in total. The molecule has 0 amide bonds. The zero-order valence-electron chi connectivity index (χ0n) is 14.7. The Morgan fingerprint density at radius 1 is 1.18 bits per heavy atom. The predicted molar refractivity (Wildman–Crippen MR) is 97.1 cm³/mol. The zero-order valence-corrected chi connectivity index (χ0v) is 14.7. The van der Waals surface area contributed by atoms with Gasteiger partial charge in [0, 0.05) is 0 Å². The second-order valence-electron chi connectivity index (χ2n) is 8.13. The van der Waals surface area contributed by atoms with Crippen LogP contribution in [0.2, 0.25) is 5.82 Å². The minimum absolute atomic E-state index is 0.410. The van der Waals surface area contributed by atoms with E-state index in [9.17, 15) is 0 Å². The van der Waals surface area contributed by atoms with Crippen LogP contribution in [-0.2, 0) is 0 Å². The van der Waals surface area contributed by atoms with Crippen molar-refractivity contribution in [3.63, 3.8) is 0 Å². The monoisotopic (exact) mass is 296 g/mol. The SMILES string of the molecule is [B]C(C1C=CC1)C(CC)CCCCCC(C)C1CC2=C1CC2. The Morgan fingerprint density at radius 2 is 1.95 bits per heavy atom. The van der Waals surface area contributed by atoms with E-state index in [2.05, 4.69) is 26.0 Å². The van der Waals surface area contributed by atoms with E-state index in [0.717, 1.165) is 17.8 Å². The molecule has 5 unspecified atom stereocenters. The third-order valence-corrected chi connectivity index (χ3v) is 6.84. The van der Waals surface area contributed by atoms with Crippen molar-refractivity contribution in [1.82, 2.24) is 0 Å². The molecular weight excluding hydrogens is 263 g/mol. The standard InChI is InChI=1S/C21H33B/c1-3-16(21(22)17-10-7-11-17)9-6-4-5-8-15(2)20-14-18-12-13-19(18)20/h7,10,15-17,20-21H,3-6,8-9,11-14H2,1-2H3. The molecule has 0 aromatic carbocycles. The third kappa shape index (κ3) is 3.39. The van der Waals surface area contributed by atoms with Gasteiger partial charge in [-0.2, -0.15) is 0 Å². The van der Waals surface area contributed by atoms with Gasteiger partial charge in [-0.1, -0.05) is 81.5 Å². The Kier molecular flexibility index (Phi) is 5.53. The van der Waals surface area contributed by atoms with Crippen LogP contribution < -0.4 is 0 Å². The maximum absolute atomic E-state index is 6.44. The summed E-state index contributed by atoms with van der Waals surface area (Å²) in [7, 11) is 6.44. The van der Waals surface area contributed by atoms with Crippen molar-refractivity contribution >= 4 is 7.85 Å². The van der Waals surface area contributed by atoms with Crippen LogP contribution in [0.15, 0.2) is 23.3 Å². The highest BCUT2D eigenvalue weighted by molar-refractivity contribution is 6.12. The summed E-state index contributed by atoms with van der Waals surface area (Å²) >= 11 is 0. The Balaban J connectivity index is 1.27. The number of allylic oxidation sites excluding steroid dienone is 4. The van der Waals surface area contributed by atoms with Crippen molar-refractivity contribution in [3.8, 4) is 0 Å². The number of unbranched alkanes of at least 4 members (excludes halogenated alkanes) is 2. The maximum atomic E-state index is 6.44. The highest BCUT2D eigenvalue weighted by atomic mass is 14.4. The van der Waals surface area contributed by atoms with E-state index in [1.807, 2.05) is 11.1 Å². The second kappa shape index (κ2) is 7.41. The van der Waals surface area contributed by atoms with Crippen LogP contribution >= 0.6 is 0 Å². The van der Waals surface area contributed by atoms with Gasteiger partial charge in [0.05, 0.1) is 7.85 Å². The molecule has 0 aliphatic heterocycles. The van der Waals surface area contributed by atoms with Crippen LogP contribution in [0.1, 0.15) is 78.1 Å². The van der Waals surface area contributed by atoms with Crippen molar-refractivity contribution in [1.29, 1.82) is 0 Å². The van der Waals surface area contributed by atoms with Gasteiger partial charge < -0.3 is 0 Å². The molecule has 0 spiro atoms. The Labute approximate surface area is 139 Å². The summed E-state index contributed by atoms with van der Waals surface area (Å²) in [4.78, 5) is 0.